The molecule has 1 N–H and O–H groups in total. The van der Waals surface area contributed by atoms with Crippen molar-refractivity contribution in [1.82, 2.24) is 5.32 Å². The zero-order chi connectivity index (χ0) is 24.1. The Morgan fingerprint density at radius 3 is 2.65 bits per heavy atom. The number of halogens is 1. The number of fused-ring (bicyclic) bond motifs is 4. The van der Waals surface area contributed by atoms with Crippen molar-refractivity contribution in [3.05, 3.63) is 64.3 Å². The zero-order valence-electron chi connectivity index (χ0n) is 19.7. The van der Waals surface area contributed by atoms with Crippen LogP contribution in [-0.2, 0) is 4.79 Å². The molecule has 1 spiro atoms. The number of nitrogens with zero attached hydrogens (tertiary/aromatic N) is 1. The van der Waals surface area contributed by atoms with Gasteiger partial charge in [-0.25, -0.2) is 0 Å². The highest BCUT2D eigenvalue weighted by Crippen LogP contribution is 2.53. The van der Waals surface area contributed by atoms with Gasteiger partial charge in [-0.05, 0) is 69.8 Å². The molecule has 2 aromatic carbocycles. The standard InChI is InChI=1S/C27H29ClN2O4/c1-17(2)33-22-7-4-19(14-18(22)3)25(32)26(16-31)9-8-24-27(10-12-29-13-11-27)34-23-15-20(28)5-6-21(23)30(24)26/h4-8,14-17,29H,9-13H2,1-3H3. The SMILES string of the molecule is Cc1cc(C(=O)C2(C=O)CC=C3N2c2ccc(Cl)cc2OC32CCNCC2)ccc1OC(C)C. The molecule has 7 heteroatoms. The molecule has 178 valence electrons. The predicted octanol–water partition coefficient (Wildman–Crippen LogP) is 4.86. The third kappa shape index (κ3) is 3.51. The monoisotopic (exact) mass is 480 g/mol. The van der Waals surface area contributed by atoms with Crippen molar-refractivity contribution >= 4 is 29.4 Å². The van der Waals surface area contributed by atoms with Crippen LogP contribution >= 0.6 is 11.6 Å². The predicted molar refractivity (Wildman–Crippen MR) is 132 cm³/mol. The van der Waals surface area contributed by atoms with Gasteiger partial charge in [0.1, 0.15) is 11.5 Å². The number of anilines is 1. The van der Waals surface area contributed by atoms with Crippen molar-refractivity contribution in [3.8, 4) is 11.5 Å². The second-order valence-electron chi connectivity index (χ2n) is 9.61. The number of piperidine rings is 1. The lowest BCUT2D eigenvalue weighted by Gasteiger charge is -2.50. The number of aldehydes is 1. The molecule has 3 aliphatic rings. The van der Waals surface area contributed by atoms with Gasteiger partial charge in [0.2, 0.25) is 0 Å². The second-order valence-corrected chi connectivity index (χ2v) is 10.0. The number of rotatable bonds is 5. The van der Waals surface area contributed by atoms with Gasteiger partial charge in [0.15, 0.2) is 23.2 Å². The molecule has 1 fully saturated rings. The fourth-order valence-electron chi connectivity index (χ4n) is 5.37. The molecule has 1 saturated heterocycles. The number of ether oxygens (including phenoxy) is 2. The Morgan fingerprint density at radius 2 is 1.97 bits per heavy atom. The highest BCUT2D eigenvalue weighted by atomic mass is 35.5. The normalized spacial score (nSPS) is 22.6. The first-order valence-corrected chi connectivity index (χ1v) is 12.2. The van der Waals surface area contributed by atoms with Crippen LogP contribution in [0.15, 0.2) is 48.2 Å². The Bertz CT molecular complexity index is 1190. The number of carbonyl (C=O) groups is 2. The van der Waals surface area contributed by atoms with E-state index >= 15 is 0 Å². The van der Waals surface area contributed by atoms with Gasteiger partial charge in [0.25, 0.3) is 0 Å². The number of hydrogen-bond acceptors (Lipinski definition) is 6. The van der Waals surface area contributed by atoms with E-state index in [9.17, 15) is 9.59 Å². The van der Waals surface area contributed by atoms with Gasteiger partial charge in [0.05, 0.1) is 17.5 Å². The Labute approximate surface area is 204 Å². The summed E-state index contributed by atoms with van der Waals surface area (Å²) in [5.74, 6) is 1.10. The summed E-state index contributed by atoms with van der Waals surface area (Å²) in [6, 6.07) is 10.7. The minimum atomic E-state index is -1.38. The molecule has 34 heavy (non-hydrogen) atoms. The maximum Gasteiger partial charge on any atom is 0.196 e. The van der Waals surface area contributed by atoms with E-state index in [-0.39, 0.29) is 18.3 Å². The maximum absolute atomic E-state index is 14.1. The molecule has 0 bridgehead atoms. The van der Waals surface area contributed by atoms with Crippen molar-refractivity contribution in [1.29, 1.82) is 0 Å². The summed E-state index contributed by atoms with van der Waals surface area (Å²) < 4.78 is 12.4. The lowest BCUT2D eigenvalue weighted by molar-refractivity contribution is -0.110. The van der Waals surface area contributed by atoms with Gasteiger partial charge in [-0.3, -0.25) is 4.79 Å². The molecule has 0 aromatic heterocycles. The van der Waals surface area contributed by atoms with Gasteiger partial charge in [-0.2, -0.15) is 0 Å². The first-order chi connectivity index (χ1) is 16.3. The quantitative estimate of drug-likeness (QED) is 0.374. The summed E-state index contributed by atoms with van der Waals surface area (Å²) in [4.78, 5) is 28.8. The minimum Gasteiger partial charge on any atom is -0.491 e. The molecule has 2 aromatic rings. The number of Topliss-reactive ketones (excluding diaryl/α,β-unsaturated/α-hetero) is 1. The Morgan fingerprint density at radius 1 is 1.21 bits per heavy atom. The molecule has 3 heterocycles. The van der Waals surface area contributed by atoms with E-state index in [1.54, 1.807) is 18.2 Å². The molecule has 6 nitrogen and oxygen atoms in total. The van der Waals surface area contributed by atoms with Crippen molar-refractivity contribution < 1.29 is 19.1 Å². The summed E-state index contributed by atoms with van der Waals surface area (Å²) in [6.07, 6.45) is 4.61. The molecule has 5 rings (SSSR count). The molecular weight excluding hydrogens is 452 g/mol. The summed E-state index contributed by atoms with van der Waals surface area (Å²) in [5.41, 5.74) is 0.938. The van der Waals surface area contributed by atoms with Crippen LogP contribution in [0.1, 0.15) is 49.0 Å². The molecule has 1 unspecified atom stereocenters. The number of nitrogens with one attached hydrogen (secondary N) is 1. The molecule has 3 aliphatic heterocycles. The molecule has 0 amide bonds. The lowest BCUT2D eigenvalue weighted by atomic mass is 9.84. The summed E-state index contributed by atoms with van der Waals surface area (Å²) in [6.45, 7) is 7.42. The van der Waals surface area contributed by atoms with Crippen molar-refractivity contribution in [2.45, 2.75) is 57.3 Å². The van der Waals surface area contributed by atoms with Crippen LogP contribution < -0.4 is 19.7 Å². The summed E-state index contributed by atoms with van der Waals surface area (Å²) in [7, 11) is 0. The van der Waals surface area contributed by atoms with Crippen molar-refractivity contribution in [2.24, 2.45) is 0 Å². The molecular formula is C27H29ClN2O4. The van der Waals surface area contributed by atoms with Crippen molar-refractivity contribution in [2.75, 3.05) is 18.0 Å². The van der Waals surface area contributed by atoms with E-state index in [4.69, 9.17) is 21.1 Å². The third-order valence-electron chi connectivity index (χ3n) is 6.98. The van der Waals surface area contributed by atoms with Crippen LogP contribution in [0.2, 0.25) is 5.02 Å². The molecule has 0 saturated carbocycles. The van der Waals surface area contributed by atoms with E-state index < -0.39 is 11.1 Å². The van der Waals surface area contributed by atoms with E-state index in [1.165, 1.54) is 0 Å². The highest BCUT2D eigenvalue weighted by Gasteiger charge is 2.57. The first-order valence-electron chi connectivity index (χ1n) is 11.8. The third-order valence-corrected chi connectivity index (χ3v) is 7.22. The smallest absolute Gasteiger partial charge is 0.196 e. The Hall–Kier alpha value is -2.83. The van der Waals surface area contributed by atoms with Gasteiger partial charge in [-0.1, -0.05) is 17.7 Å². The van der Waals surface area contributed by atoms with Gasteiger partial charge in [0, 0.05) is 35.9 Å². The number of ketones is 1. The van der Waals surface area contributed by atoms with E-state index in [1.807, 2.05) is 49.9 Å². The Balaban J connectivity index is 1.60. The number of hydrogen-bond donors (Lipinski definition) is 1. The molecule has 0 radical (unpaired) electrons. The Kier molecular flexibility index (Phi) is 5.69. The summed E-state index contributed by atoms with van der Waals surface area (Å²) in [5, 5.41) is 3.93. The topological polar surface area (TPSA) is 67.9 Å². The van der Waals surface area contributed by atoms with Crippen LogP contribution in [0.3, 0.4) is 0 Å². The van der Waals surface area contributed by atoms with Gasteiger partial charge < -0.3 is 24.5 Å². The highest BCUT2D eigenvalue weighted by molar-refractivity contribution is 6.31. The maximum atomic E-state index is 14.1. The van der Waals surface area contributed by atoms with Crippen LogP contribution in [0, 0.1) is 6.92 Å². The van der Waals surface area contributed by atoms with Crippen LogP contribution in [0.4, 0.5) is 5.69 Å². The van der Waals surface area contributed by atoms with Crippen LogP contribution in [-0.4, -0.2) is 42.4 Å². The largest absolute Gasteiger partial charge is 0.491 e. The number of aryl methyl sites for hydroxylation is 1. The minimum absolute atomic E-state index is 0.0287. The number of carbonyl (C=O) groups excluding carboxylic acids is 2. The van der Waals surface area contributed by atoms with Crippen molar-refractivity contribution in [3.63, 3.8) is 0 Å². The van der Waals surface area contributed by atoms with Gasteiger partial charge in [-0.15, -0.1) is 0 Å². The van der Waals surface area contributed by atoms with Crippen LogP contribution in [0.25, 0.3) is 0 Å². The average molecular weight is 481 g/mol. The fourth-order valence-corrected chi connectivity index (χ4v) is 5.53. The van der Waals surface area contributed by atoms with Gasteiger partial charge >= 0.3 is 0 Å². The van der Waals surface area contributed by atoms with E-state index in [0.717, 1.165) is 49.2 Å². The molecule has 0 aliphatic carbocycles. The first kappa shape index (κ1) is 22.9. The van der Waals surface area contributed by atoms with E-state index in [0.29, 0.717) is 22.0 Å². The molecule has 1 atom stereocenters. The van der Waals surface area contributed by atoms with E-state index in [2.05, 4.69) is 5.32 Å². The average Bonchev–Trinajstić information content (AvgIpc) is 3.22. The summed E-state index contributed by atoms with van der Waals surface area (Å²) >= 11 is 6.30. The number of benzene rings is 2. The van der Waals surface area contributed by atoms with Crippen LogP contribution in [0.5, 0.6) is 11.5 Å². The fraction of sp³-hybridized carbons (Fsp3) is 0.407. The zero-order valence-corrected chi connectivity index (χ0v) is 20.4. The lowest BCUT2D eigenvalue weighted by Crippen LogP contribution is -2.60. The second kappa shape index (κ2) is 8.43.